The van der Waals surface area contributed by atoms with Crippen LogP contribution < -0.4 is 10.6 Å². The van der Waals surface area contributed by atoms with Crippen LogP contribution >= 0.6 is 0 Å². The Bertz CT molecular complexity index is 710. The fraction of sp³-hybridized carbons (Fsp3) is 0.316. The van der Waals surface area contributed by atoms with E-state index in [1.54, 1.807) is 48.8 Å². The molecule has 6 heteroatoms. The van der Waals surface area contributed by atoms with Gasteiger partial charge in [0.15, 0.2) is 0 Å². The molecule has 1 aliphatic rings. The lowest BCUT2D eigenvalue weighted by atomic mass is 10.1. The van der Waals surface area contributed by atoms with E-state index in [1.165, 1.54) is 0 Å². The minimum Gasteiger partial charge on any atom is -0.378 e. The Balaban J connectivity index is 1.49. The summed E-state index contributed by atoms with van der Waals surface area (Å²) < 4.78 is 5.52. The van der Waals surface area contributed by atoms with E-state index in [0.717, 1.165) is 25.9 Å². The van der Waals surface area contributed by atoms with Gasteiger partial charge in [-0.15, -0.1) is 0 Å². The standard InChI is InChI=1S/C19H21N3O3/c23-18(10-9-17-4-2-12-25-17)21-15-7-5-14(6-8-15)19(24)22-16-3-1-11-20-13-16/h1,3,5-8,11,13,17H,2,4,9-10,12H2,(H,21,23)(H,22,24)/t17-/m1/s1. The van der Waals surface area contributed by atoms with Gasteiger partial charge in [-0.05, 0) is 55.7 Å². The van der Waals surface area contributed by atoms with E-state index in [1.807, 2.05) is 0 Å². The van der Waals surface area contributed by atoms with E-state index < -0.39 is 0 Å². The number of hydrogen-bond acceptors (Lipinski definition) is 4. The molecule has 0 bridgehead atoms. The number of ether oxygens (including phenoxy) is 1. The van der Waals surface area contributed by atoms with Gasteiger partial charge in [0.05, 0.1) is 18.0 Å². The second-order valence-corrected chi connectivity index (χ2v) is 6.00. The number of anilines is 2. The van der Waals surface area contributed by atoms with Crippen LogP contribution in [-0.4, -0.2) is 29.5 Å². The first-order valence-corrected chi connectivity index (χ1v) is 8.43. The van der Waals surface area contributed by atoms with E-state index in [-0.39, 0.29) is 17.9 Å². The summed E-state index contributed by atoms with van der Waals surface area (Å²) in [4.78, 5) is 28.1. The van der Waals surface area contributed by atoms with Crippen LogP contribution in [0.2, 0.25) is 0 Å². The zero-order valence-corrected chi connectivity index (χ0v) is 13.9. The normalized spacial score (nSPS) is 16.4. The molecule has 0 radical (unpaired) electrons. The van der Waals surface area contributed by atoms with Crippen molar-refractivity contribution in [2.24, 2.45) is 0 Å². The molecule has 0 unspecified atom stereocenters. The minimum atomic E-state index is -0.218. The van der Waals surface area contributed by atoms with E-state index in [2.05, 4.69) is 15.6 Å². The highest BCUT2D eigenvalue weighted by molar-refractivity contribution is 6.04. The summed E-state index contributed by atoms with van der Waals surface area (Å²) >= 11 is 0. The summed E-state index contributed by atoms with van der Waals surface area (Å²) in [5.74, 6) is -0.257. The van der Waals surface area contributed by atoms with Gasteiger partial charge in [-0.2, -0.15) is 0 Å². The van der Waals surface area contributed by atoms with Crippen molar-refractivity contribution in [2.75, 3.05) is 17.2 Å². The van der Waals surface area contributed by atoms with Crippen molar-refractivity contribution in [3.63, 3.8) is 0 Å². The Labute approximate surface area is 146 Å². The largest absolute Gasteiger partial charge is 0.378 e. The molecule has 1 aromatic heterocycles. The molecule has 6 nitrogen and oxygen atoms in total. The summed E-state index contributed by atoms with van der Waals surface area (Å²) in [6.07, 6.45) is 6.74. The van der Waals surface area contributed by atoms with Gasteiger partial charge in [-0.3, -0.25) is 14.6 Å². The van der Waals surface area contributed by atoms with Gasteiger partial charge >= 0.3 is 0 Å². The van der Waals surface area contributed by atoms with Crippen molar-refractivity contribution < 1.29 is 14.3 Å². The quantitative estimate of drug-likeness (QED) is 0.847. The number of carbonyl (C=O) groups excluding carboxylic acids is 2. The van der Waals surface area contributed by atoms with Crippen molar-refractivity contribution in [3.05, 3.63) is 54.4 Å². The zero-order valence-electron chi connectivity index (χ0n) is 13.9. The van der Waals surface area contributed by atoms with Gasteiger partial charge in [0.25, 0.3) is 5.91 Å². The van der Waals surface area contributed by atoms with E-state index >= 15 is 0 Å². The average Bonchev–Trinajstić information content (AvgIpc) is 3.15. The number of benzene rings is 1. The van der Waals surface area contributed by atoms with Gasteiger partial charge in [0, 0.05) is 30.5 Å². The van der Waals surface area contributed by atoms with Crippen molar-refractivity contribution in [1.82, 2.24) is 4.98 Å². The number of nitrogens with one attached hydrogen (secondary N) is 2. The van der Waals surface area contributed by atoms with Crippen LogP contribution in [0.25, 0.3) is 0 Å². The van der Waals surface area contributed by atoms with Gasteiger partial charge < -0.3 is 15.4 Å². The maximum atomic E-state index is 12.2. The summed E-state index contributed by atoms with van der Waals surface area (Å²) in [6.45, 7) is 0.800. The molecular weight excluding hydrogens is 318 g/mol. The van der Waals surface area contributed by atoms with Crippen molar-refractivity contribution in [3.8, 4) is 0 Å². The lowest BCUT2D eigenvalue weighted by molar-refractivity contribution is -0.116. The van der Waals surface area contributed by atoms with E-state index in [9.17, 15) is 9.59 Å². The predicted molar refractivity (Wildman–Crippen MR) is 95.5 cm³/mol. The molecule has 1 fully saturated rings. The number of amides is 2. The van der Waals surface area contributed by atoms with Crippen LogP contribution in [-0.2, 0) is 9.53 Å². The fourth-order valence-electron chi connectivity index (χ4n) is 2.73. The average molecular weight is 339 g/mol. The third-order valence-corrected chi connectivity index (χ3v) is 4.07. The Morgan fingerprint density at radius 2 is 1.96 bits per heavy atom. The third-order valence-electron chi connectivity index (χ3n) is 4.07. The fourth-order valence-corrected chi connectivity index (χ4v) is 2.73. The van der Waals surface area contributed by atoms with Crippen molar-refractivity contribution >= 4 is 23.2 Å². The van der Waals surface area contributed by atoms with Crippen LogP contribution in [0, 0.1) is 0 Å². The Kier molecular flexibility index (Phi) is 5.74. The number of carbonyl (C=O) groups is 2. The second kappa shape index (κ2) is 8.39. The number of rotatable bonds is 6. The smallest absolute Gasteiger partial charge is 0.255 e. The Morgan fingerprint density at radius 3 is 2.64 bits per heavy atom. The first-order valence-electron chi connectivity index (χ1n) is 8.43. The molecule has 1 aromatic carbocycles. The summed E-state index contributed by atoms with van der Waals surface area (Å²) in [7, 11) is 0. The molecule has 0 spiro atoms. The Morgan fingerprint density at radius 1 is 1.12 bits per heavy atom. The molecule has 2 N–H and O–H groups in total. The first kappa shape index (κ1) is 17.1. The number of pyridine rings is 1. The van der Waals surface area contributed by atoms with Crippen molar-refractivity contribution in [2.45, 2.75) is 31.8 Å². The maximum absolute atomic E-state index is 12.2. The zero-order chi connectivity index (χ0) is 17.5. The number of nitrogens with zero attached hydrogens (tertiary/aromatic N) is 1. The predicted octanol–water partition coefficient (Wildman–Crippen LogP) is 3.23. The molecular formula is C19H21N3O3. The molecule has 130 valence electrons. The topological polar surface area (TPSA) is 80.3 Å². The monoisotopic (exact) mass is 339 g/mol. The minimum absolute atomic E-state index is 0.0388. The first-order chi connectivity index (χ1) is 12.2. The number of hydrogen-bond donors (Lipinski definition) is 2. The number of aromatic nitrogens is 1. The van der Waals surface area contributed by atoms with Crippen LogP contribution in [0.1, 0.15) is 36.0 Å². The van der Waals surface area contributed by atoms with Gasteiger partial charge in [-0.1, -0.05) is 0 Å². The van der Waals surface area contributed by atoms with Crippen LogP contribution in [0.15, 0.2) is 48.8 Å². The molecule has 1 atom stereocenters. The highest BCUT2D eigenvalue weighted by atomic mass is 16.5. The van der Waals surface area contributed by atoms with Crippen molar-refractivity contribution in [1.29, 1.82) is 0 Å². The molecule has 3 rings (SSSR count). The molecule has 1 aliphatic heterocycles. The Hall–Kier alpha value is -2.73. The summed E-state index contributed by atoms with van der Waals surface area (Å²) in [5, 5.41) is 5.61. The van der Waals surface area contributed by atoms with Crippen LogP contribution in [0.3, 0.4) is 0 Å². The summed E-state index contributed by atoms with van der Waals surface area (Å²) in [6, 6.07) is 10.3. The van der Waals surface area contributed by atoms with Crippen LogP contribution in [0.4, 0.5) is 11.4 Å². The highest BCUT2D eigenvalue weighted by Crippen LogP contribution is 2.18. The summed E-state index contributed by atoms with van der Waals surface area (Å²) in [5.41, 5.74) is 1.83. The van der Waals surface area contributed by atoms with Gasteiger partial charge in [0.2, 0.25) is 5.91 Å². The van der Waals surface area contributed by atoms with E-state index in [4.69, 9.17) is 4.74 Å². The molecule has 2 heterocycles. The lowest BCUT2D eigenvalue weighted by Crippen LogP contribution is -2.15. The third kappa shape index (κ3) is 5.12. The molecule has 1 saturated heterocycles. The maximum Gasteiger partial charge on any atom is 0.255 e. The molecule has 0 aliphatic carbocycles. The second-order valence-electron chi connectivity index (χ2n) is 6.00. The SMILES string of the molecule is O=C(CC[C@H]1CCCO1)Nc1ccc(C(=O)Nc2cccnc2)cc1. The lowest BCUT2D eigenvalue weighted by Gasteiger charge is -2.10. The van der Waals surface area contributed by atoms with Gasteiger partial charge in [-0.25, -0.2) is 0 Å². The van der Waals surface area contributed by atoms with Gasteiger partial charge in [0.1, 0.15) is 0 Å². The molecule has 2 amide bonds. The van der Waals surface area contributed by atoms with E-state index in [0.29, 0.717) is 23.4 Å². The molecule has 0 saturated carbocycles. The molecule has 25 heavy (non-hydrogen) atoms. The highest BCUT2D eigenvalue weighted by Gasteiger charge is 2.16. The van der Waals surface area contributed by atoms with Crippen LogP contribution in [0.5, 0.6) is 0 Å². The molecule has 2 aromatic rings.